The predicted molar refractivity (Wildman–Crippen MR) is 104 cm³/mol. The number of rotatable bonds is 9. The SMILES string of the molecule is N=C(N)N(CCC[C@H](N)C=O)C(=O)[C@@H]1CCCN1C(=O)CCc1cccnc1. The molecule has 1 saturated heterocycles. The molecule has 0 unspecified atom stereocenters. The van der Waals surface area contributed by atoms with Crippen LogP contribution in [0.15, 0.2) is 24.5 Å². The molecule has 1 aromatic heterocycles. The third-order valence-corrected chi connectivity index (χ3v) is 4.86. The van der Waals surface area contributed by atoms with Crippen molar-refractivity contribution >= 4 is 24.1 Å². The van der Waals surface area contributed by atoms with E-state index < -0.39 is 12.1 Å². The number of amides is 2. The van der Waals surface area contributed by atoms with Crippen molar-refractivity contribution in [3.05, 3.63) is 30.1 Å². The van der Waals surface area contributed by atoms with Crippen LogP contribution in [0, 0.1) is 5.41 Å². The molecule has 0 spiro atoms. The van der Waals surface area contributed by atoms with Gasteiger partial charge in [0.25, 0.3) is 5.91 Å². The van der Waals surface area contributed by atoms with Gasteiger partial charge in [-0.25, -0.2) is 0 Å². The van der Waals surface area contributed by atoms with E-state index in [4.69, 9.17) is 16.9 Å². The Kier molecular flexibility index (Phi) is 8.06. The number of guanidine groups is 1. The van der Waals surface area contributed by atoms with Gasteiger partial charge in [-0.2, -0.15) is 0 Å². The molecule has 2 atom stereocenters. The minimum absolute atomic E-state index is 0.0915. The van der Waals surface area contributed by atoms with Crippen LogP contribution in [0.2, 0.25) is 0 Å². The monoisotopic (exact) mass is 388 g/mol. The molecule has 28 heavy (non-hydrogen) atoms. The Labute approximate surface area is 164 Å². The largest absolute Gasteiger partial charge is 0.370 e. The quantitative estimate of drug-likeness (QED) is 0.309. The molecule has 9 nitrogen and oxygen atoms in total. The topological polar surface area (TPSA) is 146 Å². The molecule has 0 aromatic carbocycles. The first-order chi connectivity index (χ1) is 13.4. The van der Waals surface area contributed by atoms with E-state index in [-0.39, 0.29) is 24.3 Å². The number of nitrogens with one attached hydrogen (secondary N) is 1. The highest BCUT2D eigenvalue weighted by molar-refractivity contribution is 5.99. The molecule has 0 radical (unpaired) electrons. The number of aryl methyl sites for hydroxylation is 1. The zero-order chi connectivity index (χ0) is 20.5. The highest BCUT2D eigenvalue weighted by Crippen LogP contribution is 2.21. The lowest BCUT2D eigenvalue weighted by Gasteiger charge is -2.29. The van der Waals surface area contributed by atoms with Gasteiger partial charge in [0.1, 0.15) is 12.3 Å². The van der Waals surface area contributed by atoms with Gasteiger partial charge in [0, 0.05) is 31.9 Å². The number of aromatic nitrogens is 1. The Morgan fingerprint density at radius 1 is 1.46 bits per heavy atom. The molecule has 152 valence electrons. The Hall–Kier alpha value is -2.81. The van der Waals surface area contributed by atoms with Gasteiger partial charge in [-0.1, -0.05) is 6.07 Å². The van der Waals surface area contributed by atoms with Crippen LogP contribution in [0.4, 0.5) is 0 Å². The normalized spacial score (nSPS) is 17.2. The fourth-order valence-electron chi connectivity index (χ4n) is 3.35. The van der Waals surface area contributed by atoms with E-state index >= 15 is 0 Å². The van der Waals surface area contributed by atoms with Gasteiger partial charge in [0.05, 0.1) is 6.04 Å². The number of nitrogens with two attached hydrogens (primary N) is 2. The minimum atomic E-state index is -0.606. The number of carbonyl (C=O) groups excluding carboxylic acids is 3. The summed E-state index contributed by atoms with van der Waals surface area (Å²) in [6, 6.07) is 2.53. The van der Waals surface area contributed by atoms with Gasteiger partial charge in [0.2, 0.25) is 5.91 Å². The fourth-order valence-corrected chi connectivity index (χ4v) is 3.35. The molecule has 2 rings (SSSR count). The number of pyridine rings is 1. The summed E-state index contributed by atoms with van der Waals surface area (Å²) in [4.78, 5) is 43.0. The lowest BCUT2D eigenvalue weighted by Crippen LogP contribution is -2.52. The first-order valence-electron chi connectivity index (χ1n) is 9.48. The van der Waals surface area contributed by atoms with Gasteiger partial charge >= 0.3 is 0 Å². The number of hydrogen-bond acceptors (Lipinski definition) is 6. The second-order valence-electron chi connectivity index (χ2n) is 6.92. The summed E-state index contributed by atoms with van der Waals surface area (Å²) in [5.74, 6) is -0.801. The summed E-state index contributed by atoms with van der Waals surface area (Å²) in [5, 5.41) is 7.71. The highest BCUT2D eigenvalue weighted by atomic mass is 16.2. The molecule has 1 aromatic rings. The van der Waals surface area contributed by atoms with Crippen LogP contribution in [0.5, 0.6) is 0 Å². The van der Waals surface area contributed by atoms with Crippen molar-refractivity contribution in [1.82, 2.24) is 14.8 Å². The summed E-state index contributed by atoms with van der Waals surface area (Å²) >= 11 is 0. The second kappa shape index (κ2) is 10.5. The maximum Gasteiger partial charge on any atom is 0.252 e. The zero-order valence-electron chi connectivity index (χ0n) is 15.9. The number of aldehydes is 1. The maximum atomic E-state index is 12.9. The van der Waals surface area contributed by atoms with Gasteiger partial charge < -0.3 is 21.2 Å². The average molecular weight is 388 g/mol. The van der Waals surface area contributed by atoms with Crippen molar-refractivity contribution in [3.63, 3.8) is 0 Å². The van der Waals surface area contributed by atoms with Crippen LogP contribution in [0.1, 0.15) is 37.7 Å². The lowest BCUT2D eigenvalue weighted by atomic mass is 10.1. The Morgan fingerprint density at radius 3 is 2.89 bits per heavy atom. The third-order valence-electron chi connectivity index (χ3n) is 4.86. The molecule has 0 bridgehead atoms. The molecule has 2 amide bonds. The van der Waals surface area contributed by atoms with Crippen molar-refractivity contribution in [3.8, 4) is 0 Å². The zero-order valence-corrected chi connectivity index (χ0v) is 15.9. The van der Waals surface area contributed by atoms with Crippen molar-refractivity contribution in [2.75, 3.05) is 13.1 Å². The molecule has 1 aliphatic rings. The molecule has 1 fully saturated rings. The van der Waals surface area contributed by atoms with Crippen molar-refractivity contribution in [1.29, 1.82) is 5.41 Å². The van der Waals surface area contributed by atoms with Gasteiger partial charge in [-0.3, -0.25) is 24.9 Å². The van der Waals surface area contributed by atoms with Crippen molar-refractivity contribution in [2.45, 2.75) is 50.6 Å². The van der Waals surface area contributed by atoms with Gasteiger partial charge in [0.15, 0.2) is 5.96 Å². The third kappa shape index (κ3) is 5.85. The summed E-state index contributed by atoms with van der Waals surface area (Å²) in [5.41, 5.74) is 12.1. The van der Waals surface area contributed by atoms with Gasteiger partial charge in [-0.05, 0) is 43.7 Å². The Morgan fingerprint density at radius 2 is 2.25 bits per heavy atom. The van der Waals surface area contributed by atoms with Crippen LogP contribution in [0.3, 0.4) is 0 Å². The molecular formula is C19H28N6O3. The molecule has 5 N–H and O–H groups in total. The van der Waals surface area contributed by atoms with Crippen LogP contribution < -0.4 is 11.5 Å². The number of nitrogens with zero attached hydrogens (tertiary/aromatic N) is 3. The summed E-state index contributed by atoms with van der Waals surface area (Å²) in [7, 11) is 0. The van der Waals surface area contributed by atoms with E-state index in [1.165, 1.54) is 4.90 Å². The average Bonchev–Trinajstić information content (AvgIpc) is 3.19. The summed E-state index contributed by atoms with van der Waals surface area (Å²) in [6.07, 6.45) is 7.05. The lowest BCUT2D eigenvalue weighted by molar-refractivity contribution is -0.141. The van der Waals surface area contributed by atoms with E-state index in [1.807, 2.05) is 12.1 Å². The smallest absolute Gasteiger partial charge is 0.252 e. The second-order valence-corrected chi connectivity index (χ2v) is 6.92. The van der Waals surface area contributed by atoms with Crippen LogP contribution in [-0.2, 0) is 20.8 Å². The number of carbonyl (C=O) groups is 3. The van der Waals surface area contributed by atoms with Crippen molar-refractivity contribution < 1.29 is 14.4 Å². The van der Waals surface area contributed by atoms with E-state index in [0.29, 0.717) is 44.9 Å². The molecule has 9 heteroatoms. The fraction of sp³-hybridized carbons (Fsp3) is 0.526. The molecule has 0 saturated carbocycles. The van der Waals surface area contributed by atoms with E-state index in [2.05, 4.69) is 4.98 Å². The summed E-state index contributed by atoms with van der Waals surface area (Å²) in [6.45, 7) is 0.716. The number of hydrogen-bond donors (Lipinski definition) is 3. The van der Waals surface area contributed by atoms with Crippen LogP contribution >= 0.6 is 0 Å². The minimum Gasteiger partial charge on any atom is -0.370 e. The molecular weight excluding hydrogens is 360 g/mol. The van der Waals surface area contributed by atoms with Crippen molar-refractivity contribution in [2.24, 2.45) is 11.5 Å². The Balaban J connectivity index is 1.96. The maximum absolute atomic E-state index is 12.9. The summed E-state index contributed by atoms with van der Waals surface area (Å²) < 4.78 is 0. The highest BCUT2D eigenvalue weighted by Gasteiger charge is 2.36. The standard InChI is InChI=1S/C19H28N6O3/c20-15(13-26)5-2-11-25(19(21)22)18(28)16-6-3-10-24(16)17(27)8-7-14-4-1-9-23-12-14/h1,4,9,12-13,15-16H,2-3,5-8,10-11,20H2,(H3,21,22)/t15-,16-/m0/s1. The van der Waals surface area contributed by atoms with E-state index in [1.54, 1.807) is 17.3 Å². The first-order valence-corrected chi connectivity index (χ1v) is 9.48. The van der Waals surface area contributed by atoms with Crippen LogP contribution in [-0.4, -0.2) is 64.0 Å². The molecule has 2 heterocycles. The predicted octanol–water partition coefficient (Wildman–Crippen LogP) is 0.0337. The van der Waals surface area contributed by atoms with Crippen LogP contribution in [0.25, 0.3) is 0 Å². The van der Waals surface area contributed by atoms with Gasteiger partial charge in [-0.15, -0.1) is 0 Å². The van der Waals surface area contributed by atoms with E-state index in [9.17, 15) is 14.4 Å². The first kappa shape index (κ1) is 21.5. The Bertz CT molecular complexity index is 696. The van der Waals surface area contributed by atoms with E-state index in [0.717, 1.165) is 12.0 Å². The number of likely N-dealkylation sites (tertiary alicyclic amines) is 1. The molecule has 0 aliphatic carbocycles. The molecule has 1 aliphatic heterocycles.